The molecule has 1 atom stereocenters. The van der Waals surface area contributed by atoms with Crippen molar-refractivity contribution in [2.24, 2.45) is 0 Å². The first kappa shape index (κ1) is 10.2. The van der Waals surface area contributed by atoms with Gasteiger partial charge in [0.1, 0.15) is 6.10 Å². The molecule has 0 aliphatic heterocycles. The van der Waals surface area contributed by atoms with E-state index in [0.29, 0.717) is 11.3 Å². The van der Waals surface area contributed by atoms with Gasteiger partial charge in [0.05, 0.1) is 11.6 Å². The second kappa shape index (κ2) is 4.40. The first-order valence-corrected chi connectivity index (χ1v) is 4.12. The summed E-state index contributed by atoms with van der Waals surface area (Å²) >= 11 is 0. The SMILES string of the molecule is CC(O)C(=O)Nc1ccc(C#N)cc1. The summed E-state index contributed by atoms with van der Waals surface area (Å²) in [5.41, 5.74) is 1.09. The van der Waals surface area contributed by atoms with Crippen LogP contribution in [0, 0.1) is 11.3 Å². The van der Waals surface area contributed by atoms with Crippen molar-refractivity contribution in [1.29, 1.82) is 5.26 Å². The highest BCUT2D eigenvalue weighted by Gasteiger charge is 2.07. The van der Waals surface area contributed by atoms with Gasteiger partial charge in [0.15, 0.2) is 0 Å². The van der Waals surface area contributed by atoms with Crippen molar-refractivity contribution in [3.63, 3.8) is 0 Å². The van der Waals surface area contributed by atoms with Crippen LogP contribution < -0.4 is 5.32 Å². The molecule has 1 unspecified atom stereocenters. The largest absolute Gasteiger partial charge is 0.384 e. The number of amides is 1. The molecular weight excluding hydrogens is 180 g/mol. The number of aliphatic hydroxyl groups excluding tert-OH is 1. The lowest BCUT2D eigenvalue weighted by molar-refractivity contribution is -0.123. The summed E-state index contributed by atoms with van der Waals surface area (Å²) in [7, 11) is 0. The molecule has 14 heavy (non-hydrogen) atoms. The van der Waals surface area contributed by atoms with E-state index in [9.17, 15) is 4.79 Å². The summed E-state index contributed by atoms with van der Waals surface area (Å²) in [5, 5.41) is 19.9. The molecule has 0 aliphatic rings. The smallest absolute Gasteiger partial charge is 0.252 e. The molecule has 1 rings (SSSR count). The molecule has 0 saturated heterocycles. The average Bonchev–Trinajstić information content (AvgIpc) is 2.19. The standard InChI is InChI=1S/C10H10N2O2/c1-7(13)10(14)12-9-4-2-8(6-11)3-5-9/h2-5,7,13H,1H3,(H,12,14). The van der Waals surface area contributed by atoms with Crippen molar-refractivity contribution in [1.82, 2.24) is 0 Å². The Balaban J connectivity index is 2.70. The van der Waals surface area contributed by atoms with Gasteiger partial charge in [0.25, 0.3) is 5.91 Å². The quantitative estimate of drug-likeness (QED) is 0.727. The monoisotopic (exact) mass is 190 g/mol. The van der Waals surface area contributed by atoms with E-state index in [1.54, 1.807) is 24.3 Å². The van der Waals surface area contributed by atoms with Crippen molar-refractivity contribution in [2.45, 2.75) is 13.0 Å². The highest BCUT2D eigenvalue weighted by Crippen LogP contribution is 2.08. The summed E-state index contributed by atoms with van der Waals surface area (Å²) < 4.78 is 0. The number of aliphatic hydroxyl groups is 1. The van der Waals surface area contributed by atoms with Crippen LogP contribution in [0.15, 0.2) is 24.3 Å². The van der Waals surface area contributed by atoms with Crippen LogP contribution in [0.25, 0.3) is 0 Å². The minimum atomic E-state index is -1.04. The molecule has 1 amide bonds. The van der Waals surface area contributed by atoms with Crippen molar-refractivity contribution in [3.8, 4) is 6.07 Å². The molecule has 1 aromatic rings. The Hall–Kier alpha value is -1.86. The number of hydrogen-bond acceptors (Lipinski definition) is 3. The number of nitrogens with one attached hydrogen (secondary N) is 1. The summed E-state index contributed by atoms with van der Waals surface area (Å²) in [6.07, 6.45) is -1.04. The Bertz CT molecular complexity index is 363. The van der Waals surface area contributed by atoms with Gasteiger partial charge in [-0.25, -0.2) is 0 Å². The normalized spacial score (nSPS) is 11.5. The third kappa shape index (κ3) is 2.57. The van der Waals surface area contributed by atoms with Crippen LogP contribution in [0.2, 0.25) is 0 Å². The lowest BCUT2D eigenvalue weighted by Gasteiger charge is -2.06. The molecule has 0 saturated carbocycles. The molecule has 0 spiro atoms. The van der Waals surface area contributed by atoms with Crippen LogP contribution in [0.5, 0.6) is 0 Å². The zero-order valence-corrected chi connectivity index (χ0v) is 7.69. The van der Waals surface area contributed by atoms with Crippen LogP contribution in [0.4, 0.5) is 5.69 Å². The molecule has 0 heterocycles. The molecule has 0 radical (unpaired) electrons. The highest BCUT2D eigenvalue weighted by atomic mass is 16.3. The Kier molecular flexibility index (Phi) is 3.21. The van der Waals surface area contributed by atoms with E-state index in [0.717, 1.165) is 0 Å². The summed E-state index contributed by atoms with van der Waals surface area (Å²) in [5.74, 6) is -0.463. The Morgan fingerprint density at radius 2 is 2.07 bits per heavy atom. The van der Waals surface area contributed by atoms with E-state index >= 15 is 0 Å². The number of rotatable bonds is 2. The maximum Gasteiger partial charge on any atom is 0.252 e. The molecule has 0 fully saturated rings. The first-order valence-electron chi connectivity index (χ1n) is 4.12. The summed E-state index contributed by atoms with van der Waals surface area (Å²) in [6.45, 7) is 1.39. The summed E-state index contributed by atoms with van der Waals surface area (Å²) in [4.78, 5) is 11.0. The summed E-state index contributed by atoms with van der Waals surface area (Å²) in [6, 6.07) is 8.38. The number of carbonyl (C=O) groups is 1. The topological polar surface area (TPSA) is 73.1 Å². The van der Waals surface area contributed by atoms with E-state index in [2.05, 4.69) is 5.32 Å². The predicted molar refractivity (Wildman–Crippen MR) is 51.5 cm³/mol. The van der Waals surface area contributed by atoms with Crippen molar-refractivity contribution < 1.29 is 9.90 Å². The zero-order chi connectivity index (χ0) is 10.6. The highest BCUT2D eigenvalue weighted by molar-refractivity contribution is 5.93. The van der Waals surface area contributed by atoms with Gasteiger partial charge in [-0.1, -0.05) is 0 Å². The number of anilines is 1. The van der Waals surface area contributed by atoms with Crippen LogP contribution in [-0.2, 0) is 4.79 Å². The second-order valence-corrected chi connectivity index (χ2v) is 2.85. The van der Waals surface area contributed by atoms with Crippen LogP contribution >= 0.6 is 0 Å². The Labute approximate surface area is 81.8 Å². The van der Waals surface area contributed by atoms with Gasteiger partial charge in [-0.3, -0.25) is 4.79 Å². The third-order valence-electron chi connectivity index (χ3n) is 1.66. The van der Waals surface area contributed by atoms with Crippen LogP contribution in [0.1, 0.15) is 12.5 Å². The maximum atomic E-state index is 11.0. The van der Waals surface area contributed by atoms with Gasteiger partial charge in [0, 0.05) is 5.69 Å². The minimum absolute atomic E-state index is 0.463. The van der Waals surface area contributed by atoms with E-state index in [4.69, 9.17) is 10.4 Å². The van der Waals surface area contributed by atoms with E-state index in [1.807, 2.05) is 6.07 Å². The number of benzene rings is 1. The number of nitriles is 1. The molecular formula is C10H10N2O2. The maximum absolute atomic E-state index is 11.0. The molecule has 2 N–H and O–H groups in total. The molecule has 72 valence electrons. The van der Waals surface area contributed by atoms with E-state index in [-0.39, 0.29) is 0 Å². The average molecular weight is 190 g/mol. The van der Waals surface area contributed by atoms with Gasteiger partial charge < -0.3 is 10.4 Å². The van der Waals surface area contributed by atoms with Gasteiger partial charge in [0.2, 0.25) is 0 Å². The predicted octanol–water partition coefficient (Wildman–Crippen LogP) is 0.878. The van der Waals surface area contributed by atoms with Crippen LogP contribution in [0.3, 0.4) is 0 Å². The number of hydrogen-bond donors (Lipinski definition) is 2. The number of nitrogens with zero attached hydrogens (tertiary/aromatic N) is 1. The van der Waals surface area contributed by atoms with E-state index < -0.39 is 12.0 Å². The first-order chi connectivity index (χ1) is 6.63. The molecule has 0 bridgehead atoms. The minimum Gasteiger partial charge on any atom is -0.384 e. The lowest BCUT2D eigenvalue weighted by Crippen LogP contribution is -2.24. The molecule has 4 nitrogen and oxygen atoms in total. The fourth-order valence-corrected chi connectivity index (χ4v) is 0.875. The van der Waals surface area contributed by atoms with Gasteiger partial charge in [-0.05, 0) is 31.2 Å². The zero-order valence-electron chi connectivity index (χ0n) is 7.69. The Morgan fingerprint density at radius 1 is 1.50 bits per heavy atom. The van der Waals surface area contributed by atoms with Gasteiger partial charge >= 0.3 is 0 Å². The van der Waals surface area contributed by atoms with Gasteiger partial charge in [-0.2, -0.15) is 5.26 Å². The molecule has 4 heteroatoms. The van der Waals surface area contributed by atoms with Crippen molar-refractivity contribution in [2.75, 3.05) is 5.32 Å². The van der Waals surface area contributed by atoms with E-state index in [1.165, 1.54) is 6.92 Å². The number of carbonyl (C=O) groups excluding carboxylic acids is 1. The second-order valence-electron chi connectivity index (χ2n) is 2.85. The van der Waals surface area contributed by atoms with Gasteiger partial charge in [-0.15, -0.1) is 0 Å². The van der Waals surface area contributed by atoms with Crippen LogP contribution in [-0.4, -0.2) is 17.1 Å². The lowest BCUT2D eigenvalue weighted by atomic mass is 10.2. The fourth-order valence-electron chi connectivity index (χ4n) is 0.875. The van der Waals surface area contributed by atoms with Crippen molar-refractivity contribution in [3.05, 3.63) is 29.8 Å². The molecule has 0 aromatic heterocycles. The molecule has 1 aromatic carbocycles. The third-order valence-corrected chi connectivity index (χ3v) is 1.66. The molecule has 0 aliphatic carbocycles. The fraction of sp³-hybridized carbons (Fsp3) is 0.200. The van der Waals surface area contributed by atoms with Crippen molar-refractivity contribution >= 4 is 11.6 Å². The Morgan fingerprint density at radius 3 is 2.50 bits per heavy atom.